The molecule has 3 heterocycles. The van der Waals surface area contributed by atoms with Crippen molar-refractivity contribution in [3.63, 3.8) is 0 Å². The van der Waals surface area contributed by atoms with Crippen molar-refractivity contribution in [2.45, 2.75) is 12.8 Å². The normalized spacial score (nSPS) is 15.7. The number of ether oxygens (including phenoxy) is 2. The van der Waals surface area contributed by atoms with Gasteiger partial charge in [-0.05, 0) is 24.3 Å². The summed E-state index contributed by atoms with van der Waals surface area (Å²) in [4.78, 5) is 33.0. The highest BCUT2D eigenvalue weighted by Gasteiger charge is 2.21. The van der Waals surface area contributed by atoms with Gasteiger partial charge >= 0.3 is 6.03 Å². The Morgan fingerprint density at radius 1 is 1.00 bits per heavy atom. The second-order valence-electron chi connectivity index (χ2n) is 7.40. The highest BCUT2D eigenvalue weighted by molar-refractivity contribution is 5.90. The first-order valence-electron chi connectivity index (χ1n) is 10.6. The Kier molecular flexibility index (Phi) is 6.71. The van der Waals surface area contributed by atoms with E-state index in [2.05, 4.69) is 20.5 Å². The lowest BCUT2D eigenvalue weighted by Gasteiger charge is -2.35. The Hall–Kier alpha value is -3.49. The molecule has 9 nitrogen and oxygen atoms in total. The van der Waals surface area contributed by atoms with Crippen LogP contribution < -0.4 is 25.0 Å². The van der Waals surface area contributed by atoms with Gasteiger partial charge in [-0.15, -0.1) is 0 Å². The number of piperazine rings is 1. The number of benzene rings is 1. The van der Waals surface area contributed by atoms with Gasteiger partial charge in [-0.25, -0.2) is 9.78 Å². The number of pyridine rings is 1. The largest absolute Gasteiger partial charge is 0.490 e. The van der Waals surface area contributed by atoms with Crippen LogP contribution in [-0.4, -0.2) is 67.8 Å². The molecule has 9 heteroatoms. The number of rotatable bonds is 5. The molecule has 4 rings (SSSR count). The summed E-state index contributed by atoms with van der Waals surface area (Å²) in [5, 5.41) is 5.50. The summed E-state index contributed by atoms with van der Waals surface area (Å²) in [7, 11) is 0. The summed E-state index contributed by atoms with van der Waals surface area (Å²) < 4.78 is 11.2. The zero-order valence-corrected chi connectivity index (χ0v) is 17.4. The van der Waals surface area contributed by atoms with Crippen molar-refractivity contribution in [2.75, 3.05) is 56.2 Å². The molecule has 1 saturated heterocycles. The third-order valence-electron chi connectivity index (χ3n) is 5.24. The van der Waals surface area contributed by atoms with Crippen LogP contribution in [0.25, 0.3) is 0 Å². The second-order valence-corrected chi connectivity index (χ2v) is 7.40. The molecule has 0 saturated carbocycles. The van der Waals surface area contributed by atoms with E-state index in [0.717, 1.165) is 25.3 Å². The van der Waals surface area contributed by atoms with Crippen molar-refractivity contribution in [1.82, 2.24) is 15.2 Å². The van der Waals surface area contributed by atoms with E-state index in [1.165, 1.54) is 0 Å². The van der Waals surface area contributed by atoms with Crippen molar-refractivity contribution in [1.29, 1.82) is 0 Å². The Morgan fingerprint density at radius 2 is 1.81 bits per heavy atom. The molecule has 0 atom stereocenters. The molecule has 3 amide bonds. The van der Waals surface area contributed by atoms with Crippen LogP contribution in [0.5, 0.6) is 11.5 Å². The molecule has 1 aromatic carbocycles. The number of amides is 3. The highest BCUT2D eigenvalue weighted by Crippen LogP contribution is 2.32. The van der Waals surface area contributed by atoms with E-state index in [1.54, 1.807) is 24.4 Å². The van der Waals surface area contributed by atoms with Gasteiger partial charge in [-0.2, -0.15) is 0 Å². The fourth-order valence-electron chi connectivity index (χ4n) is 3.58. The van der Waals surface area contributed by atoms with E-state index < -0.39 is 0 Å². The molecule has 1 fully saturated rings. The number of carbonyl (C=O) groups excluding carboxylic acids is 2. The molecular weight excluding hydrogens is 398 g/mol. The van der Waals surface area contributed by atoms with E-state index in [-0.39, 0.29) is 24.9 Å². The first kappa shape index (κ1) is 20.8. The van der Waals surface area contributed by atoms with Crippen molar-refractivity contribution in [3.8, 4) is 11.5 Å². The minimum absolute atomic E-state index is 0.0385. The number of hydrogen-bond donors (Lipinski definition) is 2. The van der Waals surface area contributed by atoms with E-state index in [0.29, 0.717) is 43.5 Å². The predicted octanol–water partition coefficient (Wildman–Crippen LogP) is 2.10. The molecule has 2 aromatic rings. The first-order chi connectivity index (χ1) is 15.2. The molecular formula is C22H27N5O4. The Bertz CT molecular complexity index is 900. The third-order valence-corrected chi connectivity index (χ3v) is 5.24. The number of nitrogens with one attached hydrogen (secondary N) is 2. The lowest BCUT2D eigenvalue weighted by atomic mass is 10.2. The Balaban J connectivity index is 1.18. The van der Waals surface area contributed by atoms with Crippen LogP contribution in [0.2, 0.25) is 0 Å². The van der Waals surface area contributed by atoms with Crippen LogP contribution in [0.3, 0.4) is 0 Å². The van der Waals surface area contributed by atoms with Gasteiger partial charge < -0.3 is 29.9 Å². The summed E-state index contributed by atoms with van der Waals surface area (Å²) >= 11 is 0. The fraction of sp³-hybridized carbons (Fsp3) is 0.409. The van der Waals surface area contributed by atoms with Gasteiger partial charge in [0, 0.05) is 63.5 Å². The zero-order valence-electron chi connectivity index (χ0n) is 17.4. The summed E-state index contributed by atoms with van der Waals surface area (Å²) in [6, 6.07) is 10.8. The van der Waals surface area contributed by atoms with Gasteiger partial charge in [0.15, 0.2) is 11.5 Å². The number of carbonyl (C=O) groups is 2. The standard InChI is InChI=1S/C22H27N5O4/c28-21(27-12-10-26(11-13-27)20-4-1-2-8-23-20)7-9-24-22(29)25-17-5-6-18-19(16-17)31-15-3-14-30-18/h1-2,4-6,8,16H,3,7,9-15H2,(H2,24,25,29). The summed E-state index contributed by atoms with van der Waals surface area (Å²) in [6.45, 7) is 4.28. The van der Waals surface area contributed by atoms with E-state index in [4.69, 9.17) is 9.47 Å². The maximum Gasteiger partial charge on any atom is 0.319 e. The second kappa shape index (κ2) is 10.0. The Labute approximate surface area is 181 Å². The lowest BCUT2D eigenvalue weighted by molar-refractivity contribution is -0.131. The minimum atomic E-state index is -0.359. The first-order valence-corrected chi connectivity index (χ1v) is 10.6. The van der Waals surface area contributed by atoms with E-state index in [9.17, 15) is 9.59 Å². The number of anilines is 2. The lowest BCUT2D eigenvalue weighted by Crippen LogP contribution is -2.49. The predicted molar refractivity (Wildman–Crippen MR) is 117 cm³/mol. The molecule has 0 unspecified atom stereocenters. The molecule has 0 bridgehead atoms. The minimum Gasteiger partial charge on any atom is -0.490 e. The van der Waals surface area contributed by atoms with Crippen molar-refractivity contribution >= 4 is 23.4 Å². The van der Waals surface area contributed by atoms with E-state index >= 15 is 0 Å². The average molecular weight is 425 g/mol. The van der Waals surface area contributed by atoms with Crippen LogP contribution in [0.1, 0.15) is 12.8 Å². The van der Waals surface area contributed by atoms with Crippen molar-refractivity contribution < 1.29 is 19.1 Å². The Morgan fingerprint density at radius 3 is 2.58 bits per heavy atom. The zero-order chi connectivity index (χ0) is 21.5. The molecule has 0 spiro atoms. The van der Waals surface area contributed by atoms with Gasteiger partial charge in [0.1, 0.15) is 5.82 Å². The summed E-state index contributed by atoms with van der Waals surface area (Å²) in [5.41, 5.74) is 0.610. The molecule has 164 valence electrons. The van der Waals surface area contributed by atoms with Crippen molar-refractivity contribution in [3.05, 3.63) is 42.6 Å². The number of urea groups is 1. The maximum atomic E-state index is 12.5. The molecule has 31 heavy (non-hydrogen) atoms. The topological polar surface area (TPSA) is 96.0 Å². The summed E-state index contributed by atoms with van der Waals surface area (Å²) in [5.74, 6) is 2.27. The number of hydrogen-bond acceptors (Lipinski definition) is 6. The average Bonchev–Trinajstić information content (AvgIpc) is 3.05. The van der Waals surface area contributed by atoms with Crippen LogP contribution in [0.4, 0.5) is 16.3 Å². The number of fused-ring (bicyclic) bond motifs is 1. The van der Waals surface area contributed by atoms with Gasteiger partial charge in [-0.3, -0.25) is 4.79 Å². The fourth-order valence-corrected chi connectivity index (χ4v) is 3.58. The molecule has 0 aliphatic carbocycles. The number of aromatic nitrogens is 1. The quantitative estimate of drug-likeness (QED) is 0.762. The van der Waals surface area contributed by atoms with Crippen molar-refractivity contribution in [2.24, 2.45) is 0 Å². The molecule has 2 aliphatic rings. The van der Waals surface area contributed by atoms with Gasteiger partial charge in [0.05, 0.1) is 13.2 Å². The highest BCUT2D eigenvalue weighted by atomic mass is 16.5. The summed E-state index contributed by atoms with van der Waals surface area (Å²) in [6.07, 6.45) is 2.86. The molecule has 1 aromatic heterocycles. The van der Waals surface area contributed by atoms with E-state index in [1.807, 2.05) is 23.1 Å². The molecule has 2 aliphatic heterocycles. The van der Waals surface area contributed by atoms with Crippen LogP contribution in [0, 0.1) is 0 Å². The van der Waals surface area contributed by atoms with Crippen LogP contribution in [-0.2, 0) is 4.79 Å². The monoisotopic (exact) mass is 425 g/mol. The molecule has 2 N–H and O–H groups in total. The van der Waals surface area contributed by atoms with Gasteiger partial charge in [-0.1, -0.05) is 6.07 Å². The smallest absolute Gasteiger partial charge is 0.319 e. The third kappa shape index (κ3) is 5.56. The van der Waals surface area contributed by atoms with Crippen LogP contribution in [0.15, 0.2) is 42.6 Å². The molecule has 0 radical (unpaired) electrons. The SMILES string of the molecule is O=C(NCCC(=O)N1CCN(c2ccccn2)CC1)Nc1ccc2c(c1)OCCCO2. The number of nitrogens with zero attached hydrogens (tertiary/aromatic N) is 3. The van der Waals surface area contributed by atoms with Crippen LogP contribution >= 0.6 is 0 Å². The van der Waals surface area contributed by atoms with Gasteiger partial charge in [0.25, 0.3) is 0 Å². The maximum absolute atomic E-state index is 12.5. The van der Waals surface area contributed by atoms with Gasteiger partial charge in [0.2, 0.25) is 5.91 Å².